The Morgan fingerprint density at radius 2 is 1.83 bits per heavy atom. The third kappa shape index (κ3) is 4.84. The minimum absolute atomic E-state index is 0.115. The zero-order chi connectivity index (χ0) is 24.5. The van der Waals surface area contributed by atoms with Gasteiger partial charge in [-0.2, -0.15) is 0 Å². The molecule has 2 heterocycles. The number of amides is 2. The molecule has 0 radical (unpaired) electrons. The van der Waals surface area contributed by atoms with Gasteiger partial charge in [0, 0.05) is 27.8 Å². The molecule has 0 atom stereocenters. The fourth-order valence-corrected chi connectivity index (χ4v) is 6.40. The molecular formula is C26H19ClN2O3S3. The lowest BCUT2D eigenvalue weighted by Gasteiger charge is -2.31. The fraction of sp³-hybridized carbons (Fsp3) is 0.115. The molecule has 1 fully saturated rings. The summed E-state index contributed by atoms with van der Waals surface area (Å²) in [6.45, 7) is 0.195. The Hall–Kier alpha value is -2.78. The second-order valence-electron chi connectivity index (χ2n) is 7.77. The highest BCUT2D eigenvalue weighted by Gasteiger charge is 2.34. The van der Waals surface area contributed by atoms with Crippen LogP contribution in [0.25, 0.3) is 6.08 Å². The predicted octanol–water partition coefficient (Wildman–Crippen LogP) is 6.77. The van der Waals surface area contributed by atoms with Crippen molar-refractivity contribution >= 4 is 80.9 Å². The van der Waals surface area contributed by atoms with Gasteiger partial charge in [0.05, 0.1) is 23.4 Å². The standard InChI is InChI=1S/C26H19ClN2O3S3/c1-32-18-6-4-5-16(13-18)14-23-25(31)28(26(33)35-23)12-11-24(30)29-19-7-2-3-8-21(19)34-22-10-9-17(27)15-20(22)29/h2-10,13-15H,11-12H2,1H3/b23-14+. The Morgan fingerprint density at radius 3 is 2.66 bits per heavy atom. The van der Waals surface area contributed by atoms with Crippen LogP contribution in [-0.4, -0.2) is 34.7 Å². The van der Waals surface area contributed by atoms with E-state index in [1.165, 1.54) is 16.7 Å². The van der Waals surface area contributed by atoms with E-state index in [0.717, 1.165) is 26.7 Å². The summed E-state index contributed by atoms with van der Waals surface area (Å²) in [4.78, 5) is 32.2. The normalized spacial score (nSPS) is 15.9. The molecule has 0 N–H and O–H groups in total. The molecule has 35 heavy (non-hydrogen) atoms. The number of carbonyl (C=O) groups is 2. The first-order chi connectivity index (χ1) is 16.9. The topological polar surface area (TPSA) is 49.9 Å². The Labute approximate surface area is 222 Å². The first-order valence-corrected chi connectivity index (χ1v) is 13.2. The number of anilines is 2. The van der Waals surface area contributed by atoms with Crippen molar-refractivity contribution in [1.82, 2.24) is 4.90 Å². The van der Waals surface area contributed by atoms with Crippen molar-refractivity contribution in [3.8, 4) is 5.75 Å². The maximum absolute atomic E-state index is 13.5. The van der Waals surface area contributed by atoms with Crippen molar-refractivity contribution < 1.29 is 14.3 Å². The number of thiocarbonyl (C=S) groups is 1. The number of benzene rings is 3. The SMILES string of the molecule is COc1cccc(/C=C2/SC(=S)N(CCC(=O)N3c4ccccc4Sc4ccc(Cl)cc43)C2=O)c1. The zero-order valence-corrected chi connectivity index (χ0v) is 21.8. The highest BCUT2D eigenvalue weighted by atomic mass is 35.5. The van der Waals surface area contributed by atoms with Crippen molar-refractivity contribution in [1.29, 1.82) is 0 Å². The molecule has 5 rings (SSSR count). The van der Waals surface area contributed by atoms with Gasteiger partial charge in [-0.05, 0) is 54.1 Å². The molecule has 2 aliphatic heterocycles. The summed E-state index contributed by atoms with van der Waals surface area (Å²) in [7, 11) is 1.60. The van der Waals surface area contributed by atoms with E-state index >= 15 is 0 Å². The van der Waals surface area contributed by atoms with Gasteiger partial charge in [0.25, 0.3) is 5.91 Å². The van der Waals surface area contributed by atoms with Crippen LogP contribution in [0.2, 0.25) is 5.02 Å². The quantitative estimate of drug-likeness (QED) is 0.264. The average Bonchev–Trinajstić information content (AvgIpc) is 3.13. The molecule has 1 saturated heterocycles. The predicted molar refractivity (Wildman–Crippen MR) is 147 cm³/mol. The summed E-state index contributed by atoms with van der Waals surface area (Å²) in [5.41, 5.74) is 2.40. The number of fused-ring (bicyclic) bond motifs is 2. The molecule has 0 aliphatic carbocycles. The van der Waals surface area contributed by atoms with Crippen LogP contribution < -0.4 is 9.64 Å². The van der Waals surface area contributed by atoms with Gasteiger partial charge in [0.2, 0.25) is 5.91 Å². The maximum Gasteiger partial charge on any atom is 0.266 e. The second-order valence-corrected chi connectivity index (χ2v) is 11.0. The number of carbonyl (C=O) groups excluding carboxylic acids is 2. The van der Waals surface area contributed by atoms with Crippen LogP contribution in [0.15, 0.2) is 81.4 Å². The summed E-state index contributed by atoms with van der Waals surface area (Å²) < 4.78 is 5.70. The molecule has 0 bridgehead atoms. The largest absolute Gasteiger partial charge is 0.497 e. The molecule has 5 nitrogen and oxygen atoms in total. The minimum atomic E-state index is -0.200. The van der Waals surface area contributed by atoms with E-state index in [-0.39, 0.29) is 24.8 Å². The summed E-state index contributed by atoms with van der Waals surface area (Å²) in [5, 5.41) is 0.557. The number of para-hydroxylation sites is 1. The van der Waals surface area contributed by atoms with Crippen molar-refractivity contribution in [3.05, 3.63) is 82.2 Å². The molecule has 0 aromatic heterocycles. The van der Waals surface area contributed by atoms with Crippen molar-refractivity contribution in [2.24, 2.45) is 0 Å². The zero-order valence-electron chi connectivity index (χ0n) is 18.6. The smallest absolute Gasteiger partial charge is 0.266 e. The number of ether oxygens (including phenoxy) is 1. The summed E-state index contributed by atoms with van der Waals surface area (Å²) >= 11 is 14.6. The lowest BCUT2D eigenvalue weighted by Crippen LogP contribution is -2.35. The van der Waals surface area contributed by atoms with Crippen LogP contribution in [0.3, 0.4) is 0 Å². The molecular weight excluding hydrogens is 520 g/mol. The van der Waals surface area contributed by atoms with Crippen molar-refractivity contribution in [3.63, 3.8) is 0 Å². The van der Waals surface area contributed by atoms with Gasteiger partial charge >= 0.3 is 0 Å². The van der Waals surface area contributed by atoms with Gasteiger partial charge < -0.3 is 4.74 Å². The monoisotopic (exact) mass is 538 g/mol. The van der Waals surface area contributed by atoms with Gasteiger partial charge in [0.1, 0.15) is 10.1 Å². The first kappa shape index (κ1) is 23.9. The fourth-order valence-electron chi connectivity index (χ4n) is 3.89. The number of hydrogen-bond donors (Lipinski definition) is 0. The Morgan fingerprint density at radius 1 is 1.03 bits per heavy atom. The van der Waals surface area contributed by atoms with Crippen molar-refractivity contribution in [2.45, 2.75) is 16.2 Å². The van der Waals surface area contributed by atoms with E-state index in [1.54, 1.807) is 35.9 Å². The Bertz CT molecular complexity index is 1390. The van der Waals surface area contributed by atoms with Crippen molar-refractivity contribution in [2.75, 3.05) is 18.6 Å². The average molecular weight is 539 g/mol. The van der Waals surface area contributed by atoms with E-state index in [4.69, 9.17) is 28.6 Å². The highest BCUT2D eigenvalue weighted by molar-refractivity contribution is 8.26. The molecule has 0 unspecified atom stereocenters. The third-order valence-corrected chi connectivity index (χ3v) is 8.29. The number of halogens is 1. The van der Waals surface area contributed by atoms with E-state index in [9.17, 15) is 9.59 Å². The van der Waals surface area contributed by atoms with E-state index in [1.807, 2.05) is 60.7 Å². The molecule has 0 spiro atoms. The van der Waals surface area contributed by atoms with Gasteiger partial charge in [-0.3, -0.25) is 19.4 Å². The molecule has 3 aromatic carbocycles. The molecule has 0 saturated carbocycles. The first-order valence-electron chi connectivity index (χ1n) is 10.7. The Balaban J connectivity index is 1.35. The summed E-state index contributed by atoms with van der Waals surface area (Å²) in [5.74, 6) is 0.376. The molecule has 2 amide bonds. The number of nitrogens with zero attached hydrogens (tertiary/aromatic N) is 2. The molecule has 3 aromatic rings. The maximum atomic E-state index is 13.5. The summed E-state index contributed by atoms with van der Waals surface area (Å²) in [6.07, 6.45) is 1.91. The second kappa shape index (κ2) is 10.1. The van der Waals surface area contributed by atoms with Crippen LogP contribution in [0, 0.1) is 0 Å². The van der Waals surface area contributed by atoms with E-state index in [0.29, 0.717) is 20.0 Å². The lowest BCUT2D eigenvalue weighted by molar-refractivity contribution is -0.123. The van der Waals surface area contributed by atoms with Crippen LogP contribution >= 0.6 is 47.3 Å². The van der Waals surface area contributed by atoms with Gasteiger partial charge in [0.15, 0.2) is 0 Å². The molecule has 176 valence electrons. The molecule has 2 aliphatic rings. The number of hydrogen-bond acceptors (Lipinski definition) is 6. The van der Waals surface area contributed by atoms with Gasteiger partial charge in [-0.1, -0.05) is 71.6 Å². The van der Waals surface area contributed by atoms with Crippen LogP contribution in [0.1, 0.15) is 12.0 Å². The van der Waals surface area contributed by atoms with E-state index in [2.05, 4.69) is 0 Å². The minimum Gasteiger partial charge on any atom is -0.497 e. The highest BCUT2D eigenvalue weighted by Crippen LogP contribution is 2.49. The number of thioether (sulfide) groups is 1. The Kier molecular flexibility index (Phi) is 6.88. The van der Waals surface area contributed by atoms with E-state index < -0.39 is 0 Å². The van der Waals surface area contributed by atoms with Gasteiger partial charge in [-0.15, -0.1) is 0 Å². The van der Waals surface area contributed by atoms with Gasteiger partial charge in [-0.25, -0.2) is 0 Å². The lowest BCUT2D eigenvalue weighted by atomic mass is 10.2. The van der Waals surface area contributed by atoms with Crippen LogP contribution in [0.4, 0.5) is 11.4 Å². The molecule has 9 heteroatoms. The third-order valence-electron chi connectivity index (χ3n) is 5.55. The number of methoxy groups -OCH3 is 1. The number of rotatable bonds is 5. The van der Waals surface area contributed by atoms with Crippen LogP contribution in [0.5, 0.6) is 5.75 Å². The summed E-state index contributed by atoms with van der Waals surface area (Å²) in [6, 6.07) is 20.8. The van der Waals surface area contributed by atoms with Crippen LogP contribution in [-0.2, 0) is 9.59 Å².